The van der Waals surface area contributed by atoms with E-state index in [2.05, 4.69) is 0 Å². The first kappa shape index (κ1) is 12.7. The van der Waals surface area contributed by atoms with Gasteiger partial charge in [-0.15, -0.1) is 0 Å². The maximum atomic E-state index is 9.93. The van der Waals surface area contributed by atoms with E-state index in [-0.39, 0.29) is 12.4 Å². The van der Waals surface area contributed by atoms with Crippen LogP contribution in [0.1, 0.15) is 11.7 Å². The molecule has 2 rings (SSSR count). The van der Waals surface area contributed by atoms with Crippen LogP contribution in [0.2, 0.25) is 5.02 Å². The van der Waals surface area contributed by atoms with Gasteiger partial charge in [-0.25, -0.2) is 0 Å². The number of para-hydroxylation sites is 2. The summed E-state index contributed by atoms with van der Waals surface area (Å²) in [5.41, 5.74) is 0.679. The van der Waals surface area contributed by atoms with Crippen LogP contribution in [0.3, 0.4) is 0 Å². The highest BCUT2D eigenvalue weighted by Gasteiger charge is 2.10. The first-order valence-corrected chi connectivity index (χ1v) is 5.89. The Morgan fingerprint density at radius 2 is 1.89 bits per heavy atom. The highest BCUT2D eigenvalue weighted by atomic mass is 35.5. The lowest BCUT2D eigenvalue weighted by Crippen LogP contribution is -2.09. The molecular formula is C14H13ClO3. The van der Waals surface area contributed by atoms with Gasteiger partial charge in [-0.05, 0) is 29.8 Å². The minimum Gasteiger partial charge on any atom is -0.504 e. The van der Waals surface area contributed by atoms with Gasteiger partial charge in [-0.2, -0.15) is 0 Å². The summed E-state index contributed by atoms with van der Waals surface area (Å²) < 4.78 is 5.35. The van der Waals surface area contributed by atoms with Gasteiger partial charge in [0.15, 0.2) is 11.5 Å². The SMILES string of the molecule is Oc1ccccc1OCC(O)c1cccc(Cl)c1. The van der Waals surface area contributed by atoms with Gasteiger partial charge < -0.3 is 14.9 Å². The van der Waals surface area contributed by atoms with Crippen molar-refractivity contribution < 1.29 is 14.9 Å². The average molecular weight is 265 g/mol. The van der Waals surface area contributed by atoms with Crippen LogP contribution in [-0.4, -0.2) is 16.8 Å². The number of hydrogen-bond donors (Lipinski definition) is 2. The van der Waals surface area contributed by atoms with Gasteiger partial charge in [-0.3, -0.25) is 0 Å². The van der Waals surface area contributed by atoms with Gasteiger partial charge in [0, 0.05) is 5.02 Å². The number of hydrogen-bond acceptors (Lipinski definition) is 3. The highest BCUT2D eigenvalue weighted by molar-refractivity contribution is 6.30. The summed E-state index contributed by atoms with van der Waals surface area (Å²) in [6.07, 6.45) is -0.789. The molecule has 3 nitrogen and oxygen atoms in total. The van der Waals surface area contributed by atoms with E-state index in [4.69, 9.17) is 16.3 Å². The second kappa shape index (κ2) is 5.76. The molecule has 0 saturated carbocycles. The molecule has 0 saturated heterocycles. The van der Waals surface area contributed by atoms with Crippen LogP contribution in [0.5, 0.6) is 11.5 Å². The fraction of sp³-hybridized carbons (Fsp3) is 0.143. The monoisotopic (exact) mass is 264 g/mol. The molecule has 1 unspecified atom stereocenters. The van der Waals surface area contributed by atoms with Gasteiger partial charge in [-0.1, -0.05) is 35.9 Å². The molecule has 4 heteroatoms. The maximum Gasteiger partial charge on any atom is 0.161 e. The lowest BCUT2D eigenvalue weighted by molar-refractivity contribution is 0.106. The zero-order valence-electron chi connectivity index (χ0n) is 9.58. The van der Waals surface area contributed by atoms with E-state index in [1.165, 1.54) is 6.07 Å². The molecule has 94 valence electrons. The first-order valence-electron chi connectivity index (χ1n) is 5.51. The molecule has 0 aliphatic carbocycles. The molecule has 0 radical (unpaired) electrons. The molecule has 2 N–H and O–H groups in total. The summed E-state index contributed by atoms with van der Waals surface area (Å²) >= 11 is 5.84. The average Bonchev–Trinajstić information content (AvgIpc) is 2.37. The molecule has 0 fully saturated rings. The fourth-order valence-electron chi connectivity index (χ4n) is 1.56. The van der Waals surface area contributed by atoms with Crippen molar-refractivity contribution in [2.45, 2.75) is 6.10 Å². The molecule has 0 bridgehead atoms. The predicted octanol–water partition coefficient (Wildman–Crippen LogP) is 3.16. The van der Waals surface area contributed by atoms with Crippen molar-refractivity contribution in [3.63, 3.8) is 0 Å². The van der Waals surface area contributed by atoms with Crippen molar-refractivity contribution in [3.05, 3.63) is 59.1 Å². The summed E-state index contributed by atoms with van der Waals surface area (Å²) in [6.45, 7) is 0.0535. The third kappa shape index (κ3) is 3.15. The molecular weight excluding hydrogens is 252 g/mol. The van der Waals surface area contributed by atoms with Gasteiger partial charge >= 0.3 is 0 Å². The molecule has 18 heavy (non-hydrogen) atoms. The quantitative estimate of drug-likeness (QED) is 0.892. The van der Waals surface area contributed by atoms with Crippen LogP contribution in [0.25, 0.3) is 0 Å². The minimum atomic E-state index is -0.789. The Morgan fingerprint density at radius 3 is 2.61 bits per heavy atom. The van der Waals surface area contributed by atoms with E-state index in [1.807, 2.05) is 0 Å². The number of aliphatic hydroxyl groups excluding tert-OH is 1. The molecule has 2 aromatic carbocycles. The molecule has 2 aromatic rings. The number of aliphatic hydroxyl groups is 1. The number of benzene rings is 2. The lowest BCUT2D eigenvalue weighted by Gasteiger charge is -2.13. The Kier molecular flexibility index (Phi) is 4.07. The number of aromatic hydroxyl groups is 1. The fourth-order valence-corrected chi connectivity index (χ4v) is 1.76. The zero-order chi connectivity index (χ0) is 13.0. The van der Waals surface area contributed by atoms with Crippen molar-refractivity contribution in [1.29, 1.82) is 0 Å². The van der Waals surface area contributed by atoms with Gasteiger partial charge in [0.05, 0.1) is 0 Å². The first-order chi connectivity index (χ1) is 8.66. The van der Waals surface area contributed by atoms with Crippen molar-refractivity contribution in [3.8, 4) is 11.5 Å². The Bertz CT molecular complexity index is 528. The number of phenols is 1. The van der Waals surface area contributed by atoms with Crippen molar-refractivity contribution >= 4 is 11.6 Å². The summed E-state index contributed by atoms with van der Waals surface area (Å²) in [5.74, 6) is 0.398. The number of ether oxygens (including phenoxy) is 1. The van der Waals surface area contributed by atoms with Crippen LogP contribution in [0, 0.1) is 0 Å². The van der Waals surface area contributed by atoms with Crippen LogP contribution >= 0.6 is 11.6 Å². The Morgan fingerprint density at radius 1 is 1.11 bits per heavy atom. The molecule has 0 amide bonds. The maximum absolute atomic E-state index is 9.93. The van der Waals surface area contributed by atoms with Gasteiger partial charge in [0.1, 0.15) is 12.7 Å². The Balaban J connectivity index is 2.00. The van der Waals surface area contributed by atoms with E-state index >= 15 is 0 Å². The standard InChI is InChI=1S/C14H13ClO3/c15-11-5-3-4-10(8-11)13(17)9-18-14-7-2-1-6-12(14)16/h1-8,13,16-17H,9H2. The number of rotatable bonds is 4. The second-order valence-electron chi connectivity index (χ2n) is 3.85. The summed E-state index contributed by atoms with van der Waals surface area (Å²) in [4.78, 5) is 0. The predicted molar refractivity (Wildman–Crippen MR) is 70.0 cm³/mol. The lowest BCUT2D eigenvalue weighted by atomic mass is 10.1. The number of halogens is 1. The summed E-state index contributed by atoms with van der Waals surface area (Å²) in [5, 5.41) is 20.0. The molecule has 0 aromatic heterocycles. The zero-order valence-corrected chi connectivity index (χ0v) is 10.3. The van der Waals surface area contributed by atoms with Crippen molar-refractivity contribution in [2.24, 2.45) is 0 Å². The van der Waals surface area contributed by atoms with E-state index < -0.39 is 6.10 Å². The molecule has 0 aliphatic heterocycles. The van der Waals surface area contributed by atoms with Gasteiger partial charge in [0.2, 0.25) is 0 Å². The smallest absolute Gasteiger partial charge is 0.161 e. The molecule has 0 aliphatic rings. The third-order valence-electron chi connectivity index (χ3n) is 2.50. The molecule has 0 spiro atoms. The largest absolute Gasteiger partial charge is 0.504 e. The molecule has 1 atom stereocenters. The van der Waals surface area contributed by atoms with Crippen LogP contribution in [0.15, 0.2) is 48.5 Å². The number of phenolic OH excluding ortho intramolecular Hbond substituents is 1. The van der Waals surface area contributed by atoms with Crippen molar-refractivity contribution in [1.82, 2.24) is 0 Å². The van der Waals surface area contributed by atoms with Gasteiger partial charge in [0.25, 0.3) is 0 Å². The van der Waals surface area contributed by atoms with Crippen LogP contribution in [-0.2, 0) is 0 Å². The van der Waals surface area contributed by atoms with E-state index in [0.29, 0.717) is 16.3 Å². The van der Waals surface area contributed by atoms with E-state index in [1.54, 1.807) is 42.5 Å². The normalized spacial score (nSPS) is 12.1. The summed E-state index contributed by atoms with van der Waals surface area (Å²) in [6, 6.07) is 13.6. The topological polar surface area (TPSA) is 49.7 Å². The molecule has 0 heterocycles. The minimum absolute atomic E-state index is 0.0517. The highest BCUT2D eigenvalue weighted by Crippen LogP contribution is 2.26. The Labute approximate surface area is 110 Å². The van der Waals surface area contributed by atoms with Crippen molar-refractivity contribution in [2.75, 3.05) is 6.61 Å². The van der Waals surface area contributed by atoms with E-state index in [9.17, 15) is 10.2 Å². The second-order valence-corrected chi connectivity index (χ2v) is 4.29. The van der Waals surface area contributed by atoms with E-state index in [0.717, 1.165) is 0 Å². The van der Waals surface area contributed by atoms with Crippen LogP contribution < -0.4 is 4.74 Å². The Hall–Kier alpha value is -1.71. The third-order valence-corrected chi connectivity index (χ3v) is 2.73. The van der Waals surface area contributed by atoms with Crippen LogP contribution in [0.4, 0.5) is 0 Å². The summed E-state index contributed by atoms with van der Waals surface area (Å²) in [7, 11) is 0.